The minimum Gasteiger partial charge on any atom is -0.378 e. The fourth-order valence-corrected chi connectivity index (χ4v) is 5.34. The van der Waals surface area contributed by atoms with Crippen molar-refractivity contribution in [2.24, 2.45) is 0 Å². The summed E-state index contributed by atoms with van der Waals surface area (Å²) in [6, 6.07) is 7.31. The Labute approximate surface area is 223 Å². The lowest BCUT2D eigenvalue weighted by Crippen LogP contribution is -2.36. The molecule has 1 saturated heterocycles. The fourth-order valence-electron chi connectivity index (χ4n) is 4.58. The number of hydrogen-bond acceptors (Lipinski definition) is 8. The standard InChI is InChI=1S/C27H34N8O2Si/c1-38(2,3)13-12-37-20-34-7-5-24-26(30-19-31-27(24)34)22-16-32-35(18-22)25(4-6-28)21-14-23(17-29-15-21)33-8-10-36-11-9-33/h5,7,14-19,25H,4,8-13,20H2,1-3H3. The fraction of sp³-hybridized carbons (Fsp3) is 0.444. The maximum Gasteiger partial charge on any atom is 0.145 e. The molecule has 1 atom stereocenters. The van der Waals surface area contributed by atoms with Crippen molar-refractivity contribution in [1.29, 1.82) is 5.26 Å². The molecule has 1 unspecified atom stereocenters. The summed E-state index contributed by atoms with van der Waals surface area (Å²) in [5.74, 6) is 0. The highest BCUT2D eigenvalue weighted by molar-refractivity contribution is 6.76. The number of morpholine rings is 1. The van der Waals surface area contributed by atoms with Crippen molar-refractivity contribution in [2.75, 3.05) is 37.8 Å². The van der Waals surface area contributed by atoms with Gasteiger partial charge in [0.2, 0.25) is 0 Å². The Morgan fingerprint density at radius 2 is 2.00 bits per heavy atom. The summed E-state index contributed by atoms with van der Waals surface area (Å²) in [5.41, 5.74) is 4.48. The molecule has 1 aliphatic heterocycles. The lowest BCUT2D eigenvalue weighted by atomic mass is 10.1. The number of anilines is 1. The molecular weight excluding hydrogens is 496 g/mol. The van der Waals surface area contributed by atoms with Gasteiger partial charge in [0.25, 0.3) is 0 Å². The van der Waals surface area contributed by atoms with Crippen LogP contribution in [0.1, 0.15) is 18.0 Å². The maximum atomic E-state index is 9.61. The number of hydrogen-bond donors (Lipinski definition) is 0. The van der Waals surface area contributed by atoms with Gasteiger partial charge in [0.05, 0.1) is 55.5 Å². The van der Waals surface area contributed by atoms with E-state index >= 15 is 0 Å². The van der Waals surface area contributed by atoms with Gasteiger partial charge < -0.3 is 18.9 Å². The zero-order chi connectivity index (χ0) is 26.5. The van der Waals surface area contributed by atoms with Gasteiger partial charge in [-0.05, 0) is 23.7 Å². The number of pyridine rings is 1. The van der Waals surface area contributed by atoms with E-state index in [-0.39, 0.29) is 12.5 Å². The van der Waals surface area contributed by atoms with E-state index in [9.17, 15) is 5.26 Å². The molecule has 11 heteroatoms. The number of nitriles is 1. The van der Waals surface area contributed by atoms with Gasteiger partial charge in [-0.25, -0.2) is 9.97 Å². The molecule has 198 valence electrons. The summed E-state index contributed by atoms with van der Waals surface area (Å²) in [4.78, 5) is 15.8. The van der Waals surface area contributed by atoms with Crippen LogP contribution < -0.4 is 4.90 Å². The molecule has 0 saturated carbocycles. The van der Waals surface area contributed by atoms with Gasteiger partial charge in [0.1, 0.15) is 18.7 Å². The van der Waals surface area contributed by atoms with Crippen molar-refractivity contribution >= 4 is 24.8 Å². The second kappa shape index (κ2) is 11.4. The second-order valence-electron chi connectivity index (χ2n) is 10.8. The van der Waals surface area contributed by atoms with Crippen molar-refractivity contribution in [1.82, 2.24) is 29.3 Å². The molecule has 0 radical (unpaired) electrons. The number of ether oxygens (including phenoxy) is 2. The van der Waals surface area contributed by atoms with Crippen LogP contribution in [-0.4, -0.2) is 70.3 Å². The third kappa shape index (κ3) is 5.93. The Balaban J connectivity index is 1.38. The Hall–Kier alpha value is -3.59. The highest BCUT2D eigenvalue weighted by Gasteiger charge is 2.20. The largest absolute Gasteiger partial charge is 0.378 e. The van der Waals surface area contributed by atoms with Gasteiger partial charge >= 0.3 is 0 Å². The zero-order valence-electron chi connectivity index (χ0n) is 22.2. The molecule has 0 bridgehead atoms. The highest BCUT2D eigenvalue weighted by atomic mass is 28.3. The van der Waals surface area contributed by atoms with Crippen LogP contribution in [0.15, 0.2) is 49.4 Å². The van der Waals surface area contributed by atoms with Crippen molar-refractivity contribution < 1.29 is 9.47 Å². The molecule has 10 nitrogen and oxygen atoms in total. The van der Waals surface area contributed by atoms with Crippen LogP contribution in [0.3, 0.4) is 0 Å². The average molecular weight is 531 g/mol. The predicted molar refractivity (Wildman–Crippen MR) is 148 cm³/mol. The van der Waals surface area contributed by atoms with Gasteiger partial charge in [0.15, 0.2) is 0 Å². The quantitative estimate of drug-likeness (QED) is 0.220. The molecule has 4 aromatic rings. The van der Waals surface area contributed by atoms with Gasteiger partial charge in [-0.15, -0.1) is 0 Å². The number of rotatable bonds is 10. The molecule has 5 heterocycles. The van der Waals surface area contributed by atoms with Crippen LogP contribution in [0.2, 0.25) is 25.7 Å². The lowest BCUT2D eigenvalue weighted by Gasteiger charge is -2.29. The summed E-state index contributed by atoms with van der Waals surface area (Å²) < 4.78 is 15.3. The Morgan fingerprint density at radius 1 is 1.16 bits per heavy atom. The van der Waals surface area contributed by atoms with Gasteiger partial charge in [-0.2, -0.15) is 10.4 Å². The molecule has 0 amide bonds. The summed E-state index contributed by atoms with van der Waals surface area (Å²) in [7, 11) is -1.14. The Bertz CT molecular complexity index is 1410. The Morgan fingerprint density at radius 3 is 2.79 bits per heavy atom. The molecular formula is C27H34N8O2Si. The van der Waals surface area contributed by atoms with Crippen LogP contribution in [0.4, 0.5) is 5.69 Å². The van der Waals surface area contributed by atoms with Crippen LogP contribution in [0.25, 0.3) is 22.3 Å². The molecule has 5 rings (SSSR count). The molecule has 38 heavy (non-hydrogen) atoms. The number of fused-ring (bicyclic) bond motifs is 1. The van der Waals surface area contributed by atoms with Crippen molar-refractivity contribution in [2.45, 2.75) is 44.9 Å². The molecule has 1 aliphatic rings. The Kier molecular flexibility index (Phi) is 7.83. The third-order valence-corrected chi connectivity index (χ3v) is 8.47. The van der Waals surface area contributed by atoms with E-state index in [1.807, 2.05) is 40.1 Å². The van der Waals surface area contributed by atoms with Gasteiger partial charge in [-0.3, -0.25) is 9.67 Å². The third-order valence-electron chi connectivity index (χ3n) is 6.77. The first-order chi connectivity index (χ1) is 18.4. The number of nitrogens with zero attached hydrogens (tertiary/aromatic N) is 8. The normalized spacial score (nSPS) is 15.1. The first-order valence-electron chi connectivity index (χ1n) is 13.0. The molecule has 0 aliphatic carbocycles. The summed E-state index contributed by atoms with van der Waals surface area (Å²) in [5, 5.41) is 15.2. The monoisotopic (exact) mass is 530 g/mol. The molecule has 4 aromatic heterocycles. The van der Waals surface area contributed by atoms with Crippen LogP contribution in [0.5, 0.6) is 0 Å². The van der Waals surface area contributed by atoms with Crippen LogP contribution >= 0.6 is 0 Å². The first kappa shape index (κ1) is 26.0. The lowest BCUT2D eigenvalue weighted by molar-refractivity contribution is 0.0899. The van der Waals surface area contributed by atoms with Crippen molar-refractivity contribution in [3.8, 4) is 17.3 Å². The molecule has 1 fully saturated rings. The van der Waals surface area contributed by atoms with Crippen molar-refractivity contribution in [3.63, 3.8) is 0 Å². The van der Waals surface area contributed by atoms with E-state index in [0.29, 0.717) is 19.9 Å². The minimum atomic E-state index is -1.14. The second-order valence-corrected chi connectivity index (χ2v) is 16.4. The molecule has 0 spiro atoms. The average Bonchev–Trinajstić information content (AvgIpc) is 3.57. The zero-order valence-corrected chi connectivity index (χ0v) is 23.2. The summed E-state index contributed by atoms with van der Waals surface area (Å²) in [6.45, 7) is 11.3. The van der Waals surface area contributed by atoms with E-state index in [0.717, 1.165) is 59.3 Å². The predicted octanol–water partition coefficient (Wildman–Crippen LogP) is 4.34. The van der Waals surface area contributed by atoms with E-state index in [1.54, 1.807) is 12.5 Å². The molecule has 0 N–H and O–H groups in total. The minimum absolute atomic E-state index is 0.260. The maximum absolute atomic E-state index is 9.61. The van der Waals surface area contributed by atoms with Crippen LogP contribution in [-0.2, 0) is 16.2 Å². The number of aromatic nitrogens is 6. The van der Waals surface area contributed by atoms with E-state index in [2.05, 4.69) is 56.7 Å². The highest BCUT2D eigenvalue weighted by Crippen LogP contribution is 2.30. The van der Waals surface area contributed by atoms with Gasteiger partial charge in [0, 0.05) is 57.3 Å². The smallest absolute Gasteiger partial charge is 0.145 e. The van der Waals surface area contributed by atoms with Crippen LogP contribution in [0, 0.1) is 11.3 Å². The SMILES string of the molecule is C[Si](C)(C)CCOCn1ccc2c(-c3cnn(C(CC#N)c4cncc(N5CCOCC5)c4)c3)ncnc21. The van der Waals surface area contributed by atoms with E-state index < -0.39 is 8.07 Å². The topological polar surface area (TPSA) is 107 Å². The van der Waals surface area contributed by atoms with Crippen molar-refractivity contribution in [3.05, 3.63) is 55.0 Å². The summed E-state index contributed by atoms with van der Waals surface area (Å²) >= 11 is 0. The summed E-state index contributed by atoms with van der Waals surface area (Å²) in [6.07, 6.45) is 11.3. The molecule has 0 aromatic carbocycles. The van der Waals surface area contributed by atoms with Gasteiger partial charge in [-0.1, -0.05) is 19.6 Å². The van der Waals surface area contributed by atoms with E-state index in [1.165, 1.54) is 0 Å². The van der Waals surface area contributed by atoms with E-state index in [4.69, 9.17) is 9.47 Å². The first-order valence-corrected chi connectivity index (χ1v) is 16.7.